The molecule has 0 unspecified atom stereocenters. The molecule has 0 spiro atoms. The van der Waals surface area contributed by atoms with Crippen LogP contribution in [-0.4, -0.2) is 65.4 Å². The van der Waals surface area contributed by atoms with Crippen LogP contribution in [-0.2, 0) is 19.6 Å². The van der Waals surface area contributed by atoms with Crippen molar-refractivity contribution in [3.05, 3.63) is 36.2 Å². The van der Waals surface area contributed by atoms with E-state index in [2.05, 4.69) is 30.9 Å². The highest BCUT2D eigenvalue weighted by atomic mass is 32.2. The molecule has 1 amide bonds. The van der Waals surface area contributed by atoms with Gasteiger partial charge in [-0.05, 0) is 22.9 Å². The van der Waals surface area contributed by atoms with Crippen molar-refractivity contribution >= 4 is 33.8 Å². The summed E-state index contributed by atoms with van der Waals surface area (Å²) < 4.78 is 25.0. The van der Waals surface area contributed by atoms with Gasteiger partial charge >= 0.3 is 6.15 Å². The number of carbonyl (C=O) groups excluding carboxylic acids is 3. The lowest BCUT2D eigenvalue weighted by atomic mass is 10.00. The molecule has 1 aromatic carbocycles. The number of nitrogens with two attached hydrogens (primary N) is 2. The molecule has 2 aromatic heterocycles. The van der Waals surface area contributed by atoms with Gasteiger partial charge in [0.1, 0.15) is 10.6 Å². The normalized spacial score (nSPS) is 10.6. The standard InChI is InChI=1S/C16H18N8O3S2.CO2/c1-19-16(25)11-4-2-9(8-20-11)10-3-5-12(28-7-6-17)14(29(18,26)27)13(10)15-21-23-24-22-15;2-1-3/h2-5,8H,6-7,17H2,1H3,(H,19,25)(H2,18,26,27)(H,21,22,23,24);. The number of nitrogens with zero attached hydrogens (tertiary/aromatic N) is 4. The van der Waals surface area contributed by atoms with Crippen molar-refractivity contribution in [1.29, 1.82) is 0 Å². The monoisotopic (exact) mass is 478 g/mol. The Balaban J connectivity index is 0.00000114. The Morgan fingerprint density at radius 3 is 2.47 bits per heavy atom. The number of aromatic nitrogens is 5. The fraction of sp³-hybridized carbons (Fsp3) is 0.176. The lowest BCUT2D eigenvalue weighted by molar-refractivity contribution is -0.191. The largest absolute Gasteiger partial charge is 0.373 e. The minimum absolute atomic E-state index is 0.0644. The van der Waals surface area contributed by atoms with Crippen molar-refractivity contribution in [2.75, 3.05) is 19.3 Å². The zero-order chi connectivity index (χ0) is 23.7. The Morgan fingerprint density at radius 1 is 1.25 bits per heavy atom. The number of H-pyrrole nitrogens is 1. The Hall–Kier alpha value is -3.49. The summed E-state index contributed by atoms with van der Waals surface area (Å²) in [6, 6.07) is 6.54. The average molecular weight is 479 g/mol. The predicted octanol–water partition coefficient (Wildman–Crippen LogP) is -0.597. The van der Waals surface area contributed by atoms with Crippen LogP contribution in [0.3, 0.4) is 0 Å². The van der Waals surface area contributed by atoms with Crippen LogP contribution in [0.2, 0.25) is 0 Å². The second kappa shape index (κ2) is 11.2. The van der Waals surface area contributed by atoms with E-state index in [1.807, 2.05) is 0 Å². The number of nitrogens with one attached hydrogen (secondary N) is 2. The highest BCUT2D eigenvalue weighted by Crippen LogP contribution is 2.40. The molecule has 0 saturated heterocycles. The third kappa shape index (κ3) is 5.81. The second-order valence-corrected chi connectivity index (χ2v) is 8.46. The summed E-state index contributed by atoms with van der Waals surface area (Å²) in [5, 5.41) is 21.8. The van der Waals surface area contributed by atoms with Gasteiger partial charge in [0, 0.05) is 36.0 Å². The van der Waals surface area contributed by atoms with Crippen LogP contribution in [0.25, 0.3) is 22.5 Å². The van der Waals surface area contributed by atoms with Gasteiger partial charge in [0.2, 0.25) is 15.8 Å². The number of thioether (sulfide) groups is 1. The molecular formula is C17H18N8O5S2. The fourth-order valence-corrected chi connectivity index (χ4v) is 4.77. The van der Waals surface area contributed by atoms with E-state index < -0.39 is 10.0 Å². The van der Waals surface area contributed by atoms with Crippen molar-refractivity contribution in [3.8, 4) is 22.5 Å². The number of rotatable bonds is 7. The van der Waals surface area contributed by atoms with Gasteiger partial charge in [-0.3, -0.25) is 9.78 Å². The Morgan fingerprint density at radius 2 is 1.97 bits per heavy atom. The maximum Gasteiger partial charge on any atom is 0.373 e. The number of pyridine rings is 1. The van der Waals surface area contributed by atoms with E-state index in [0.717, 1.165) is 0 Å². The minimum Gasteiger partial charge on any atom is -0.354 e. The predicted molar refractivity (Wildman–Crippen MR) is 112 cm³/mol. The number of primary sulfonamides is 1. The molecule has 3 aromatic rings. The van der Waals surface area contributed by atoms with Crippen LogP contribution in [0.4, 0.5) is 0 Å². The summed E-state index contributed by atoms with van der Waals surface area (Å²) in [7, 11) is -2.64. The molecule has 0 saturated carbocycles. The first-order valence-corrected chi connectivity index (χ1v) is 11.3. The number of sulfonamides is 1. The molecule has 0 aliphatic carbocycles. The molecule has 32 heavy (non-hydrogen) atoms. The van der Waals surface area contributed by atoms with Crippen LogP contribution in [0.15, 0.2) is 40.3 Å². The molecule has 13 nitrogen and oxygen atoms in total. The van der Waals surface area contributed by atoms with Crippen LogP contribution in [0.1, 0.15) is 10.5 Å². The molecular weight excluding hydrogens is 460 g/mol. The third-order valence-corrected chi connectivity index (χ3v) is 6.10. The second-order valence-electron chi connectivity index (χ2n) is 5.83. The topological polar surface area (TPSA) is 217 Å². The minimum atomic E-state index is -4.14. The van der Waals surface area contributed by atoms with Crippen molar-refractivity contribution in [2.45, 2.75) is 9.79 Å². The first kappa shape index (κ1) is 24.8. The molecule has 3 rings (SSSR count). The van der Waals surface area contributed by atoms with E-state index in [0.29, 0.717) is 28.3 Å². The maximum atomic E-state index is 12.5. The van der Waals surface area contributed by atoms with Crippen LogP contribution < -0.4 is 16.2 Å². The van der Waals surface area contributed by atoms with Gasteiger partial charge in [-0.2, -0.15) is 14.8 Å². The molecule has 0 fully saturated rings. The number of benzene rings is 1. The van der Waals surface area contributed by atoms with E-state index in [1.165, 1.54) is 31.1 Å². The summed E-state index contributed by atoms with van der Waals surface area (Å²) >= 11 is 1.26. The van der Waals surface area contributed by atoms with Gasteiger partial charge in [-0.1, -0.05) is 12.1 Å². The van der Waals surface area contributed by atoms with Crippen molar-refractivity contribution in [3.63, 3.8) is 0 Å². The Bertz CT molecular complexity index is 1210. The first-order valence-electron chi connectivity index (χ1n) is 8.72. The summed E-state index contributed by atoms with van der Waals surface area (Å²) in [6.45, 7) is 0.360. The Kier molecular flexibility index (Phi) is 8.69. The fourth-order valence-electron chi connectivity index (χ4n) is 2.67. The van der Waals surface area contributed by atoms with Crippen molar-refractivity contribution < 1.29 is 22.8 Å². The first-order chi connectivity index (χ1) is 15.3. The van der Waals surface area contributed by atoms with Gasteiger partial charge in [0.25, 0.3) is 5.91 Å². The highest BCUT2D eigenvalue weighted by molar-refractivity contribution is 8.00. The lowest BCUT2D eigenvalue weighted by Gasteiger charge is -2.15. The van der Waals surface area contributed by atoms with Gasteiger partial charge in [-0.25, -0.2) is 13.6 Å². The molecule has 0 bridgehead atoms. The molecule has 0 aliphatic heterocycles. The summed E-state index contributed by atoms with van der Waals surface area (Å²) in [5.41, 5.74) is 7.00. The molecule has 2 heterocycles. The van der Waals surface area contributed by atoms with Crippen LogP contribution in [0, 0.1) is 0 Å². The number of amides is 1. The molecule has 0 aliphatic rings. The van der Waals surface area contributed by atoms with E-state index in [-0.39, 0.29) is 34.0 Å². The Labute approximate surface area is 186 Å². The third-order valence-electron chi connectivity index (χ3n) is 3.88. The van der Waals surface area contributed by atoms with Crippen molar-refractivity contribution in [1.82, 2.24) is 30.9 Å². The average Bonchev–Trinajstić information content (AvgIpc) is 3.31. The molecule has 6 N–H and O–H groups in total. The zero-order valence-corrected chi connectivity index (χ0v) is 18.2. The van der Waals surface area contributed by atoms with E-state index in [9.17, 15) is 13.2 Å². The van der Waals surface area contributed by atoms with Gasteiger partial charge < -0.3 is 11.1 Å². The quantitative estimate of drug-likeness (QED) is 0.314. The van der Waals surface area contributed by atoms with Crippen LogP contribution in [0.5, 0.6) is 0 Å². The number of aromatic amines is 1. The number of tetrazole rings is 1. The van der Waals surface area contributed by atoms with E-state index in [1.54, 1.807) is 18.2 Å². The number of carbonyl (C=O) groups is 1. The van der Waals surface area contributed by atoms with Gasteiger partial charge in [0.15, 0.2) is 0 Å². The molecule has 168 valence electrons. The smallest absolute Gasteiger partial charge is 0.354 e. The highest BCUT2D eigenvalue weighted by Gasteiger charge is 2.26. The van der Waals surface area contributed by atoms with E-state index >= 15 is 0 Å². The molecule has 15 heteroatoms. The number of hydrogen-bond donors (Lipinski definition) is 4. The zero-order valence-electron chi connectivity index (χ0n) is 16.6. The maximum absolute atomic E-state index is 12.5. The van der Waals surface area contributed by atoms with Gasteiger partial charge in [-0.15, -0.1) is 22.0 Å². The molecule has 0 atom stereocenters. The summed E-state index contributed by atoms with van der Waals surface area (Å²) in [6.07, 6.45) is 1.71. The van der Waals surface area contributed by atoms with Crippen LogP contribution >= 0.6 is 11.8 Å². The lowest BCUT2D eigenvalue weighted by Crippen LogP contribution is -2.19. The summed E-state index contributed by atoms with van der Waals surface area (Å²) in [5.74, 6) is 0.221. The number of hydrogen-bond acceptors (Lipinski definition) is 11. The summed E-state index contributed by atoms with van der Waals surface area (Å²) in [4.78, 5) is 32.4. The van der Waals surface area contributed by atoms with Gasteiger partial charge in [0.05, 0.1) is 5.56 Å². The van der Waals surface area contributed by atoms with E-state index in [4.69, 9.17) is 20.5 Å². The molecule has 0 radical (unpaired) electrons. The SMILES string of the molecule is CNC(=O)c1ccc(-c2ccc(SCCN)c(S(N)(=O)=O)c2-c2nn[nH]n2)cn1.O=C=O. The van der Waals surface area contributed by atoms with Crippen molar-refractivity contribution in [2.24, 2.45) is 10.9 Å².